The van der Waals surface area contributed by atoms with E-state index < -0.39 is 179 Å². The molecule has 84 heavy (non-hydrogen) atoms. The van der Waals surface area contributed by atoms with Crippen molar-refractivity contribution in [2.75, 3.05) is 40.6 Å². The van der Waals surface area contributed by atoms with Crippen molar-refractivity contribution in [1.82, 2.24) is 0 Å². The molecule has 10 rings (SSSR count). The van der Waals surface area contributed by atoms with Crippen molar-refractivity contribution in [3.63, 3.8) is 0 Å². The number of fused-ring (bicyclic) bond motifs is 7. The van der Waals surface area contributed by atoms with Gasteiger partial charge in [-0.15, -0.1) is 0 Å². The summed E-state index contributed by atoms with van der Waals surface area (Å²) in [6, 6.07) is 0. The first-order valence-electron chi connectivity index (χ1n) is 30.2. The predicted molar refractivity (Wildman–Crippen MR) is 282 cm³/mol. The molecular formula is C57H94O27. The molecule has 35 atom stereocenters. The van der Waals surface area contributed by atoms with E-state index in [2.05, 4.69) is 26.8 Å². The van der Waals surface area contributed by atoms with Gasteiger partial charge < -0.3 is 133 Å². The highest BCUT2D eigenvalue weighted by atomic mass is 16.8. The van der Waals surface area contributed by atoms with E-state index in [9.17, 15) is 71.5 Å². The largest absolute Gasteiger partial charge is 0.394 e. The minimum Gasteiger partial charge on any atom is -0.394 e. The summed E-state index contributed by atoms with van der Waals surface area (Å²) in [5.74, 6) is 0.697. The molecule has 6 heterocycles. The monoisotopic (exact) mass is 1210 g/mol. The van der Waals surface area contributed by atoms with E-state index in [-0.39, 0.29) is 41.3 Å². The Hall–Kier alpha value is -1.34. The normalized spacial score (nSPS) is 54.4. The lowest BCUT2D eigenvalue weighted by atomic mass is 9.47. The van der Waals surface area contributed by atoms with Crippen molar-refractivity contribution in [2.24, 2.45) is 46.3 Å². The zero-order chi connectivity index (χ0) is 60.6. The molecule has 0 radical (unpaired) electrons. The average molecular weight is 1210 g/mol. The Bertz CT molecular complexity index is 2200. The minimum absolute atomic E-state index is 0.00186. The molecule has 27 heteroatoms. The van der Waals surface area contributed by atoms with Gasteiger partial charge in [0.25, 0.3) is 0 Å². The maximum Gasteiger partial charge on any atom is 0.189 e. The Morgan fingerprint density at radius 2 is 1.26 bits per heavy atom. The molecule has 0 aromatic rings. The fourth-order valence-electron chi connectivity index (χ4n) is 16.5. The summed E-state index contributed by atoms with van der Waals surface area (Å²) >= 11 is 0. The van der Waals surface area contributed by atoms with E-state index in [4.69, 9.17) is 61.6 Å². The van der Waals surface area contributed by atoms with Crippen LogP contribution in [0.15, 0.2) is 11.6 Å². The van der Waals surface area contributed by atoms with Crippen molar-refractivity contribution in [3.8, 4) is 0 Å². The first kappa shape index (κ1) is 65.6. The molecule has 0 aromatic heterocycles. The maximum atomic E-state index is 12.4. The standard InChI is InChI=1S/C57H94O27/c1-22(20-74-51-42(68)39(65)41(67)49(72-6)83-51)10-15-57(73-7)23(2)34-31(84-57)17-29-27-9-8-25-16-26(11-13-55(25,4)28(27)12-14-56(29,34)5)77-54-48(82-52-43(69)38(64)35(61)24(3)76-52)44(70)46(33(19-59)79-54)80-53-45(71)47(37(63)32(18-58)78-53)81-50-40(66)36(62)30(60)21-75-50/h8,22-24,26-54,58-71H,9-21H2,1-7H3. The summed E-state index contributed by atoms with van der Waals surface area (Å²) < 4.78 is 78.3. The van der Waals surface area contributed by atoms with Crippen LogP contribution in [0.3, 0.4) is 0 Å². The van der Waals surface area contributed by atoms with Crippen LogP contribution < -0.4 is 0 Å². The van der Waals surface area contributed by atoms with Gasteiger partial charge in [0, 0.05) is 26.6 Å². The summed E-state index contributed by atoms with van der Waals surface area (Å²) in [5, 5.41) is 150. The molecule has 35 unspecified atom stereocenters. The lowest BCUT2D eigenvalue weighted by molar-refractivity contribution is -0.395. The summed E-state index contributed by atoms with van der Waals surface area (Å²) in [7, 11) is 3.05. The SMILES string of the molecule is COC1OC(OCC(C)CCC2(OC)OC3CC4C5CC=C6CC(OC7OC(CO)C(OC8OC(CO)C(O)C(OC9OCC(O)C(O)C9O)C8O)C(O)C7OC7OC(C)C(O)C(O)C7O)CCC6(C)C5CCC4(C)C3C2C)C(O)C(O)C1O. The van der Waals surface area contributed by atoms with Crippen LogP contribution in [0.2, 0.25) is 0 Å². The van der Waals surface area contributed by atoms with Crippen LogP contribution in [-0.4, -0.2) is 278 Å². The molecule has 3 saturated carbocycles. The lowest BCUT2D eigenvalue weighted by Gasteiger charge is -2.58. The van der Waals surface area contributed by atoms with Gasteiger partial charge in [0.2, 0.25) is 0 Å². The Morgan fingerprint density at radius 1 is 0.619 bits per heavy atom. The van der Waals surface area contributed by atoms with Crippen molar-refractivity contribution in [3.05, 3.63) is 11.6 Å². The molecule has 27 nitrogen and oxygen atoms in total. The van der Waals surface area contributed by atoms with Gasteiger partial charge in [-0.1, -0.05) is 39.3 Å². The van der Waals surface area contributed by atoms with E-state index in [0.717, 1.165) is 32.1 Å². The van der Waals surface area contributed by atoms with Gasteiger partial charge in [-0.05, 0) is 98.7 Å². The van der Waals surface area contributed by atoms with Crippen LogP contribution in [-0.2, 0) is 61.6 Å². The van der Waals surface area contributed by atoms with Crippen LogP contribution in [0.4, 0.5) is 0 Å². The fraction of sp³-hybridized carbons (Fsp3) is 0.965. The molecular weight excluding hydrogens is 1120 g/mol. The zero-order valence-corrected chi connectivity index (χ0v) is 48.8. The number of ether oxygens (including phenoxy) is 13. The number of aliphatic hydroxyl groups excluding tert-OH is 14. The van der Waals surface area contributed by atoms with Gasteiger partial charge in [0.05, 0.1) is 44.7 Å². The highest BCUT2D eigenvalue weighted by Gasteiger charge is 2.69. The van der Waals surface area contributed by atoms with Gasteiger partial charge in [0.1, 0.15) is 104 Å². The number of methoxy groups -OCH3 is 2. The summed E-state index contributed by atoms with van der Waals surface area (Å²) in [5.41, 5.74) is 1.06. The van der Waals surface area contributed by atoms with Crippen molar-refractivity contribution in [1.29, 1.82) is 0 Å². The number of hydrogen-bond acceptors (Lipinski definition) is 27. The third-order valence-corrected chi connectivity index (χ3v) is 21.4. The molecule has 4 aliphatic carbocycles. The van der Waals surface area contributed by atoms with Crippen molar-refractivity contribution in [2.45, 2.75) is 258 Å². The first-order chi connectivity index (χ1) is 39.8. The second-order valence-electron chi connectivity index (χ2n) is 26.2. The van der Waals surface area contributed by atoms with Crippen LogP contribution in [0.25, 0.3) is 0 Å². The highest BCUT2D eigenvalue weighted by Crippen LogP contribution is 2.70. The molecule has 484 valence electrons. The van der Waals surface area contributed by atoms with Crippen LogP contribution in [0, 0.1) is 46.3 Å². The smallest absolute Gasteiger partial charge is 0.189 e. The molecule has 9 fully saturated rings. The predicted octanol–water partition coefficient (Wildman–Crippen LogP) is -3.28. The Morgan fingerprint density at radius 3 is 1.96 bits per heavy atom. The van der Waals surface area contributed by atoms with Crippen molar-refractivity contribution >= 4 is 0 Å². The molecule has 0 amide bonds. The van der Waals surface area contributed by atoms with Gasteiger partial charge in [-0.25, -0.2) is 0 Å². The third kappa shape index (κ3) is 11.9. The van der Waals surface area contributed by atoms with Crippen LogP contribution >= 0.6 is 0 Å². The second-order valence-corrected chi connectivity index (χ2v) is 26.2. The highest BCUT2D eigenvalue weighted by molar-refractivity contribution is 5.26. The Kier molecular flexibility index (Phi) is 20.4. The quantitative estimate of drug-likeness (QED) is 0.0599. The van der Waals surface area contributed by atoms with Gasteiger partial charge in [0.15, 0.2) is 43.5 Å². The Balaban J connectivity index is 0.805. The molecule has 0 spiro atoms. The van der Waals surface area contributed by atoms with Gasteiger partial charge in [-0.2, -0.15) is 0 Å². The minimum atomic E-state index is -1.96. The molecule has 14 N–H and O–H groups in total. The first-order valence-corrected chi connectivity index (χ1v) is 30.2. The molecule has 0 aromatic carbocycles. The van der Waals surface area contributed by atoms with E-state index in [0.29, 0.717) is 43.4 Å². The van der Waals surface area contributed by atoms with Crippen LogP contribution in [0.5, 0.6) is 0 Å². The molecule has 10 aliphatic rings. The summed E-state index contributed by atoms with van der Waals surface area (Å²) in [6.07, 6.45) is -29.1. The number of aliphatic hydroxyl groups is 14. The summed E-state index contributed by atoms with van der Waals surface area (Å²) in [6.45, 7) is 8.65. The topological polar surface area (TPSA) is 403 Å². The number of hydrogen-bond donors (Lipinski definition) is 14. The molecule has 6 saturated heterocycles. The van der Waals surface area contributed by atoms with Crippen molar-refractivity contribution < 1.29 is 133 Å². The van der Waals surface area contributed by atoms with Gasteiger partial charge in [-0.3, -0.25) is 0 Å². The second kappa shape index (κ2) is 26.1. The third-order valence-electron chi connectivity index (χ3n) is 21.4. The summed E-state index contributed by atoms with van der Waals surface area (Å²) in [4.78, 5) is 0. The van der Waals surface area contributed by atoms with E-state index >= 15 is 0 Å². The van der Waals surface area contributed by atoms with E-state index in [1.54, 1.807) is 7.11 Å². The number of rotatable bonds is 18. The zero-order valence-electron chi connectivity index (χ0n) is 48.8. The lowest BCUT2D eigenvalue weighted by Crippen LogP contribution is -2.67. The molecule has 6 aliphatic heterocycles. The van der Waals surface area contributed by atoms with Crippen LogP contribution in [0.1, 0.15) is 92.4 Å². The maximum absolute atomic E-state index is 12.4. The van der Waals surface area contributed by atoms with E-state index in [1.807, 2.05) is 6.92 Å². The molecule has 0 bridgehead atoms. The van der Waals surface area contributed by atoms with Gasteiger partial charge >= 0.3 is 0 Å². The fourth-order valence-corrected chi connectivity index (χ4v) is 16.5. The Labute approximate surface area is 488 Å². The number of allylic oxidation sites excluding steroid dienone is 1. The van der Waals surface area contributed by atoms with E-state index in [1.165, 1.54) is 19.6 Å². The average Bonchev–Trinajstić information content (AvgIpc) is 1.65.